The number of hydrogen-bond donors (Lipinski definition) is 2. The molecule has 5 nitrogen and oxygen atoms in total. The number of aliphatic imine (C=N–C) groups is 1. The van der Waals surface area contributed by atoms with Crippen LogP contribution in [0.5, 0.6) is 11.5 Å². The molecule has 0 aliphatic carbocycles. The summed E-state index contributed by atoms with van der Waals surface area (Å²) < 4.78 is 10.6. The van der Waals surface area contributed by atoms with E-state index in [2.05, 4.69) is 36.4 Å². The van der Waals surface area contributed by atoms with Crippen LogP contribution in [0.2, 0.25) is 0 Å². The molecule has 0 fully saturated rings. The van der Waals surface area contributed by atoms with Crippen molar-refractivity contribution in [3.8, 4) is 11.5 Å². The van der Waals surface area contributed by atoms with E-state index in [4.69, 9.17) is 9.47 Å². The van der Waals surface area contributed by atoms with Gasteiger partial charge in [0.2, 0.25) is 0 Å². The smallest absolute Gasteiger partial charge is 0.191 e. The average molecular weight is 435 g/mol. The van der Waals surface area contributed by atoms with Crippen molar-refractivity contribution in [1.29, 1.82) is 0 Å². The van der Waals surface area contributed by atoms with Crippen LogP contribution >= 0.6 is 24.0 Å². The van der Waals surface area contributed by atoms with Crippen LogP contribution in [0, 0.1) is 5.92 Å². The molecule has 0 amide bonds. The number of guanidine groups is 1. The van der Waals surface area contributed by atoms with E-state index in [0.717, 1.165) is 42.5 Å². The Morgan fingerprint density at radius 3 is 2.39 bits per heavy atom. The summed E-state index contributed by atoms with van der Waals surface area (Å²) in [5.41, 5.74) is 1.08. The molecule has 0 bridgehead atoms. The van der Waals surface area contributed by atoms with Crippen LogP contribution < -0.4 is 20.1 Å². The first-order valence-electron chi connectivity index (χ1n) is 7.83. The van der Waals surface area contributed by atoms with E-state index in [9.17, 15) is 0 Å². The van der Waals surface area contributed by atoms with E-state index in [-0.39, 0.29) is 24.0 Å². The van der Waals surface area contributed by atoms with Gasteiger partial charge in [-0.2, -0.15) is 0 Å². The van der Waals surface area contributed by atoms with Gasteiger partial charge in [0, 0.05) is 13.1 Å². The molecule has 1 aromatic rings. The molecule has 0 radical (unpaired) electrons. The van der Waals surface area contributed by atoms with Crippen LogP contribution in [0.4, 0.5) is 0 Å². The molecule has 0 saturated carbocycles. The van der Waals surface area contributed by atoms with E-state index in [1.165, 1.54) is 0 Å². The summed E-state index contributed by atoms with van der Waals surface area (Å²) in [7, 11) is 3.28. The minimum absolute atomic E-state index is 0. The van der Waals surface area contributed by atoms with Gasteiger partial charge in [-0.1, -0.05) is 19.9 Å². The molecule has 0 saturated heterocycles. The van der Waals surface area contributed by atoms with Crippen molar-refractivity contribution in [2.75, 3.05) is 27.3 Å². The van der Waals surface area contributed by atoms with Gasteiger partial charge in [0.1, 0.15) is 0 Å². The Morgan fingerprint density at radius 1 is 1.13 bits per heavy atom. The lowest BCUT2D eigenvalue weighted by Gasteiger charge is -2.13. The number of hydrogen-bond acceptors (Lipinski definition) is 3. The van der Waals surface area contributed by atoms with Crippen LogP contribution in [0.3, 0.4) is 0 Å². The minimum atomic E-state index is 0. The lowest BCUT2D eigenvalue weighted by molar-refractivity contribution is 0.354. The molecule has 0 heterocycles. The zero-order valence-electron chi connectivity index (χ0n) is 14.8. The van der Waals surface area contributed by atoms with Crippen molar-refractivity contribution < 1.29 is 9.47 Å². The normalized spacial score (nSPS) is 11.0. The molecule has 2 N–H and O–H groups in total. The highest BCUT2D eigenvalue weighted by atomic mass is 127. The van der Waals surface area contributed by atoms with E-state index >= 15 is 0 Å². The first kappa shape index (κ1) is 21.8. The van der Waals surface area contributed by atoms with Crippen LogP contribution in [-0.2, 0) is 6.54 Å². The number of nitrogens with zero attached hydrogens (tertiary/aromatic N) is 1. The summed E-state index contributed by atoms with van der Waals surface area (Å²) in [6.45, 7) is 8.87. The van der Waals surface area contributed by atoms with Gasteiger partial charge >= 0.3 is 0 Å². The van der Waals surface area contributed by atoms with Crippen molar-refractivity contribution in [2.24, 2.45) is 10.9 Å². The third-order valence-electron chi connectivity index (χ3n) is 3.23. The van der Waals surface area contributed by atoms with Gasteiger partial charge in [0.25, 0.3) is 0 Å². The Hall–Kier alpha value is -1.18. The van der Waals surface area contributed by atoms with E-state index in [1.54, 1.807) is 14.2 Å². The van der Waals surface area contributed by atoms with Crippen molar-refractivity contribution in [3.63, 3.8) is 0 Å². The molecule has 0 aliphatic heterocycles. The Kier molecular flexibility index (Phi) is 11.6. The second-order valence-corrected chi connectivity index (χ2v) is 5.49. The lowest BCUT2D eigenvalue weighted by atomic mass is 10.1. The van der Waals surface area contributed by atoms with Gasteiger partial charge in [-0.25, -0.2) is 4.99 Å². The summed E-state index contributed by atoms with van der Waals surface area (Å²) in [6.07, 6.45) is 1.13. The minimum Gasteiger partial charge on any atom is -0.493 e. The quantitative estimate of drug-likeness (QED) is 0.373. The molecule has 0 aliphatic rings. The molecule has 6 heteroatoms. The second kappa shape index (κ2) is 12.3. The van der Waals surface area contributed by atoms with Crippen LogP contribution in [0.15, 0.2) is 23.2 Å². The van der Waals surface area contributed by atoms with Gasteiger partial charge in [-0.15, -0.1) is 24.0 Å². The molecular weight excluding hydrogens is 405 g/mol. The SMILES string of the molecule is CCNC(=NCc1ccc(OC)c(OC)c1)NCCC(C)C.I. The summed E-state index contributed by atoms with van der Waals surface area (Å²) in [4.78, 5) is 4.61. The average Bonchev–Trinajstić information content (AvgIpc) is 2.51. The number of methoxy groups -OCH3 is 2. The molecule has 0 atom stereocenters. The number of nitrogens with one attached hydrogen (secondary N) is 2. The Morgan fingerprint density at radius 2 is 1.83 bits per heavy atom. The molecule has 23 heavy (non-hydrogen) atoms. The Labute approximate surface area is 157 Å². The summed E-state index contributed by atoms with van der Waals surface area (Å²) in [5.74, 6) is 2.99. The highest BCUT2D eigenvalue weighted by Crippen LogP contribution is 2.27. The largest absolute Gasteiger partial charge is 0.493 e. The third-order valence-corrected chi connectivity index (χ3v) is 3.23. The molecule has 0 aromatic heterocycles. The summed E-state index contributed by atoms with van der Waals surface area (Å²) >= 11 is 0. The summed E-state index contributed by atoms with van der Waals surface area (Å²) in [5, 5.41) is 6.62. The maximum atomic E-state index is 5.32. The molecular formula is C17H30IN3O2. The number of ether oxygens (including phenoxy) is 2. The monoisotopic (exact) mass is 435 g/mol. The van der Waals surface area contributed by atoms with Crippen LogP contribution in [0.1, 0.15) is 32.8 Å². The predicted octanol–water partition coefficient (Wildman–Crippen LogP) is 3.42. The third kappa shape index (κ3) is 8.29. The van der Waals surface area contributed by atoms with Gasteiger partial charge in [0.05, 0.1) is 20.8 Å². The highest BCUT2D eigenvalue weighted by molar-refractivity contribution is 14.0. The zero-order chi connectivity index (χ0) is 16.4. The van der Waals surface area contributed by atoms with Gasteiger partial charge in [-0.3, -0.25) is 0 Å². The fourth-order valence-electron chi connectivity index (χ4n) is 1.97. The highest BCUT2D eigenvalue weighted by Gasteiger charge is 2.05. The van der Waals surface area contributed by atoms with E-state index in [0.29, 0.717) is 12.5 Å². The topological polar surface area (TPSA) is 54.9 Å². The Balaban J connectivity index is 0.00000484. The van der Waals surface area contributed by atoms with Crippen LogP contribution in [0.25, 0.3) is 0 Å². The number of rotatable bonds is 8. The fourth-order valence-corrected chi connectivity index (χ4v) is 1.97. The zero-order valence-corrected chi connectivity index (χ0v) is 17.1. The molecule has 0 unspecified atom stereocenters. The van der Waals surface area contributed by atoms with E-state index in [1.807, 2.05) is 18.2 Å². The Bertz CT molecular complexity index is 479. The number of halogens is 1. The maximum absolute atomic E-state index is 5.32. The number of benzene rings is 1. The van der Waals surface area contributed by atoms with Crippen molar-refractivity contribution in [3.05, 3.63) is 23.8 Å². The predicted molar refractivity (Wildman–Crippen MR) is 107 cm³/mol. The summed E-state index contributed by atoms with van der Waals surface area (Å²) in [6, 6.07) is 5.87. The molecule has 0 spiro atoms. The lowest BCUT2D eigenvalue weighted by Crippen LogP contribution is -2.38. The van der Waals surface area contributed by atoms with Crippen LogP contribution in [-0.4, -0.2) is 33.3 Å². The van der Waals surface area contributed by atoms with Crippen molar-refractivity contribution in [2.45, 2.75) is 33.7 Å². The second-order valence-electron chi connectivity index (χ2n) is 5.49. The van der Waals surface area contributed by atoms with Crippen molar-refractivity contribution >= 4 is 29.9 Å². The molecule has 1 aromatic carbocycles. The molecule has 1 rings (SSSR count). The molecule has 132 valence electrons. The van der Waals surface area contributed by atoms with E-state index < -0.39 is 0 Å². The van der Waals surface area contributed by atoms with Gasteiger partial charge in [0.15, 0.2) is 17.5 Å². The fraction of sp³-hybridized carbons (Fsp3) is 0.588. The first-order chi connectivity index (χ1) is 10.6. The van der Waals surface area contributed by atoms with Gasteiger partial charge in [-0.05, 0) is 37.0 Å². The maximum Gasteiger partial charge on any atom is 0.191 e. The first-order valence-corrected chi connectivity index (χ1v) is 7.83. The van der Waals surface area contributed by atoms with Crippen molar-refractivity contribution in [1.82, 2.24) is 10.6 Å². The standard InChI is InChI=1S/C17H29N3O2.HI/c1-6-18-17(19-10-9-13(2)3)20-12-14-7-8-15(21-4)16(11-14)22-5;/h7-8,11,13H,6,9-10,12H2,1-5H3,(H2,18,19,20);1H. The van der Waals surface area contributed by atoms with Gasteiger partial charge < -0.3 is 20.1 Å².